The minimum Gasteiger partial charge on any atom is -0.353 e. The number of nitrogens with zero attached hydrogens (tertiary/aromatic N) is 6. The molecule has 3 aromatic heterocycles. The second-order valence-electron chi connectivity index (χ2n) is 8.81. The van der Waals surface area contributed by atoms with Crippen LogP contribution >= 0.6 is 0 Å². The van der Waals surface area contributed by atoms with E-state index in [0.29, 0.717) is 17.6 Å². The first-order valence-electron chi connectivity index (χ1n) is 11.1. The molecule has 5 rings (SSSR count). The fourth-order valence-electron chi connectivity index (χ4n) is 4.65. The predicted molar refractivity (Wildman–Crippen MR) is 127 cm³/mol. The Bertz CT molecular complexity index is 1310. The summed E-state index contributed by atoms with van der Waals surface area (Å²) in [6.45, 7) is 3.10. The van der Waals surface area contributed by atoms with Crippen LogP contribution in [-0.4, -0.2) is 68.5 Å². The molecule has 0 radical (unpaired) electrons. The highest BCUT2D eigenvalue weighted by Gasteiger charge is 2.31. The Morgan fingerprint density at radius 1 is 1.06 bits per heavy atom. The molecule has 0 spiro atoms. The number of hydrogen-bond acceptors (Lipinski definition) is 8. The topological polar surface area (TPSA) is 107 Å². The molecule has 0 unspecified atom stereocenters. The van der Waals surface area contributed by atoms with Gasteiger partial charge >= 0.3 is 0 Å². The number of hydrogen-bond donors (Lipinski definition) is 1. The molecule has 9 nitrogen and oxygen atoms in total. The first kappa shape index (κ1) is 21.7. The minimum absolute atomic E-state index is 0.231. The minimum atomic E-state index is -3.25. The molecular formula is C23H27N7O2S. The van der Waals surface area contributed by atoms with Crippen LogP contribution in [0.3, 0.4) is 0 Å². The summed E-state index contributed by atoms with van der Waals surface area (Å²) in [5.74, 6) is 1.69. The van der Waals surface area contributed by atoms with Gasteiger partial charge in [-0.05, 0) is 44.2 Å². The van der Waals surface area contributed by atoms with Gasteiger partial charge in [0.05, 0.1) is 10.5 Å². The van der Waals surface area contributed by atoms with Crippen LogP contribution in [0, 0.1) is 11.3 Å². The van der Waals surface area contributed by atoms with E-state index >= 15 is 0 Å². The van der Waals surface area contributed by atoms with Gasteiger partial charge in [-0.3, -0.25) is 0 Å². The molecule has 1 aliphatic heterocycles. The standard InChI is InChI=1S/C23H27N7O2S/c1-25-17-11-18(12-17)30-15-16(13-24)20-4-6-22(27-23(20)30)29-9-7-28(8-10-29)21-5-3-19(14-26-21)33(2,31)32/h3-6,14-15,17-18,25H,7-12H2,1-2H3/t17-,18-. The molecule has 0 atom stereocenters. The lowest BCUT2D eigenvalue weighted by molar-refractivity contribution is 0.240. The summed E-state index contributed by atoms with van der Waals surface area (Å²) in [6.07, 6.45) is 6.64. The van der Waals surface area contributed by atoms with Crippen LogP contribution in [0.15, 0.2) is 41.6 Å². The van der Waals surface area contributed by atoms with E-state index in [4.69, 9.17) is 4.98 Å². The van der Waals surface area contributed by atoms with E-state index in [0.717, 1.165) is 61.7 Å². The zero-order valence-corrected chi connectivity index (χ0v) is 19.6. The zero-order chi connectivity index (χ0) is 23.2. The van der Waals surface area contributed by atoms with Gasteiger partial charge in [0.1, 0.15) is 23.4 Å². The third-order valence-electron chi connectivity index (χ3n) is 6.78. The molecule has 10 heteroatoms. The predicted octanol–water partition coefficient (Wildman–Crippen LogP) is 1.96. The van der Waals surface area contributed by atoms with Crippen LogP contribution in [0.1, 0.15) is 24.4 Å². The largest absolute Gasteiger partial charge is 0.353 e. The summed E-state index contributed by atoms with van der Waals surface area (Å²) in [5.41, 5.74) is 1.55. The van der Waals surface area contributed by atoms with Crippen molar-refractivity contribution in [2.75, 3.05) is 49.3 Å². The van der Waals surface area contributed by atoms with Gasteiger partial charge in [-0.2, -0.15) is 5.26 Å². The van der Waals surface area contributed by atoms with Gasteiger partial charge in [0.2, 0.25) is 0 Å². The van der Waals surface area contributed by atoms with E-state index < -0.39 is 9.84 Å². The summed E-state index contributed by atoms with van der Waals surface area (Å²) in [5, 5.41) is 13.8. The number of aromatic nitrogens is 3. The summed E-state index contributed by atoms with van der Waals surface area (Å²) in [7, 11) is -1.26. The van der Waals surface area contributed by atoms with Crippen LogP contribution < -0.4 is 15.1 Å². The summed E-state index contributed by atoms with van der Waals surface area (Å²) in [6, 6.07) is 10.6. The van der Waals surface area contributed by atoms with Crippen molar-refractivity contribution in [1.29, 1.82) is 5.26 Å². The van der Waals surface area contributed by atoms with Crippen molar-refractivity contribution in [2.24, 2.45) is 0 Å². The lowest BCUT2D eigenvalue weighted by atomic mass is 9.87. The number of anilines is 2. The summed E-state index contributed by atoms with van der Waals surface area (Å²) < 4.78 is 25.5. The van der Waals surface area contributed by atoms with Crippen molar-refractivity contribution in [3.05, 3.63) is 42.2 Å². The fraction of sp³-hybridized carbons (Fsp3) is 0.435. The van der Waals surface area contributed by atoms with Crippen LogP contribution in [0.4, 0.5) is 11.6 Å². The number of rotatable bonds is 5. The highest BCUT2D eigenvalue weighted by atomic mass is 32.2. The molecule has 1 aliphatic carbocycles. The Balaban J connectivity index is 1.33. The molecule has 0 bridgehead atoms. The van der Waals surface area contributed by atoms with Gasteiger partial charge in [-0.25, -0.2) is 18.4 Å². The zero-order valence-electron chi connectivity index (χ0n) is 18.8. The molecule has 172 valence electrons. The second-order valence-corrected chi connectivity index (χ2v) is 10.8. The van der Waals surface area contributed by atoms with E-state index in [1.54, 1.807) is 12.1 Å². The molecule has 0 aromatic carbocycles. The van der Waals surface area contributed by atoms with E-state index in [1.807, 2.05) is 25.4 Å². The van der Waals surface area contributed by atoms with E-state index in [9.17, 15) is 13.7 Å². The van der Waals surface area contributed by atoms with Crippen molar-refractivity contribution in [3.63, 3.8) is 0 Å². The van der Waals surface area contributed by atoms with Gasteiger partial charge in [0.25, 0.3) is 0 Å². The van der Waals surface area contributed by atoms with Gasteiger partial charge in [0, 0.05) is 62.3 Å². The highest BCUT2D eigenvalue weighted by molar-refractivity contribution is 7.90. The van der Waals surface area contributed by atoms with Crippen molar-refractivity contribution in [2.45, 2.75) is 29.8 Å². The Morgan fingerprint density at radius 3 is 2.30 bits per heavy atom. The van der Waals surface area contributed by atoms with Crippen molar-refractivity contribution < 1.29 is 8.42 Å². The number of piperazine rings is 1. The van der Waals surface area contributed by atoms with Gasteiger partial charge < -0.3 is 19.7 Å². The molecular weight excluding hydrogens is 438 g/mol. The average Bonchev–Trinajstić information content (AvgIpc) is 3.16. The normalized spacial score (nSPS) is 21.1. The summed E-state index contributed by atoms with van der Waals surface area (Å²) in [4.78, 5) is 14.0. The number of fused-ring (bicyclic) bond motifs is 1. The van der Waals surface area contributed by atoms with Gasteiger partial charge in [0.15, 0.2) is 9.84 Å². The maximum atomic E-state index is 11.7. The molecule has 0 amide bonds. The third-order valence-corrected chi connectivity index (χ3v) is 7.87. The van der Waals surface area contributed by atoms with Crippen molar-refractivity contribution in [1.82, 2.24) is 19.9 Å². The quantitative estimate of drug-likeness (QED) is 0.609. The van der Waals surface area contributed by atoms with Crippen LogP contribution in [0.25, 0.3) is 11.0 Å². The van der Waals surface area contributed by atoms with Gasteiger partial charge in [-0.15, -0.1) is 0 Å². The maximum absolute atomic E-state index is 11.7. The molecule has 1 saturated heterocycles. The number of nitriles is 1. The SMILES string of the molecule is CN[C@H]1C[C@H](n2cc(C#N)c3ccc(N4CCN(c5ccc(S(C)(=O)=O)cn5)CC4)nc32)C1. The van der Waals surface area contributed by atoms with E-state index in [-0.39, 0.29) is 4.90 Å². The lowest BCUT2D eigenvalue weighted by Gasteiger charge is -2.37. The second kappa shape index (κ2) is 8.32. The molecule has 33 heavy (non-hydrogen) atoms. The molecule has 1 saturated carbocycles. The highest BCUT2D eigenvalue weighted by Crippen LogP contribution is 2.36. The first-order valence-corrected chi connectivity index (χ1v) is 13.0. The van der Waals surface area contributed by atoms with Crippen molar-refractivity contribution >= 4 is 32.5 Å². The average molecular weight is 466 g/mol. The molecule has 2 aliphatic rings. The summed E-state index contributed by atoms with van der Waals surface area (Å²) >= 11 is 0. The first-order chi connectivity index (χ1) is 15.9. The number of sulfone groups is 1. The fourth-order valence-corrected chi connectivity index (χ4v) is 5.21. The van der Waals surface area contributed by atoms with Crippen molar-refractivity contribution in [3.8, 4) is 6.07 Å². The number of pyridine rings is 2. The smallest absolute Gasteiger partial charge is 0.177 e. The maximum Gasteiger partial charge on any atom is 0.177 e. The monoisotopic (exact) mass is 465 g/mol. The van der Waals surface area contributed by atoms with E-state index in [1.165, 1.54) is 12.5 Å². The van der Waals surface area contributed by atoms with Crippen LogP contribution in [0.2, 0.25) is 0 Å². The van der Waals surface area contributed by atoms with E-state index in [2.05, 4.69) is 30.7 Å². The Labute approximate surface area is 193 Å². The molecule has 3 aromatic rings. The van der Waals surface area contributed by atoms with Gasteiger partial charge in [-0.1, -0.05) is 0 Å². The molecule has 1 N–H and O–H groups in total. The Morgan fingerprint density at radius 2 is 1.73 bits per heavy atom. The molecule has 4 heterocycles. The van der Waals surface area contributed by atoms with Crippen LogP contribution in [-0.2, 0) is 9.84 Å². The Kier molecular flexibility index (Phi) is 5.46. The molecule has 2 fully saturated rings. The van der Waals surface area contributed by atoms with Crippen LogP contribution in [0.5, 0.6) is 0 Å². The lowest BCUT2D eigenvalue weighted by Crippen LogP contribution is -2.47. The third kappa shape index (κ3) is 4.03. The Hall–Kier alpha value is -3.16. The number of nitrogens with one attached hydrogen (secondary N) is 1.